The van der Waals surface area contributed by atoms with Crippen molar-refractivity contribution in [3.8, 4) is 21.1 Å². The second kappa shape index (κ2) is 7.98. The van der Waals surface area contributed by atoms with Crippen LogP contribution in [0.25, 0.3) is 21.1 Å². The first-order chi connectivity index (χ1) is 12.7. The summed E-state index contributed by atoms with van der Waals surface area (Å²) in [6.07, 6.45) is 0. The quantitative estimate of drug-likeness (QED) is 0.274. The molecule has 4 rings (SSSR count). The molecule has 0 fully saturated rings. The van der Waals surface area contributed by atoms with Crippen molar-refractivity contribution in [1.29, 1.82) is 0 Å². The monoisotopic (exact) mass is 435 g/mol. The number of carbonyl (C=O) groups is 1. The van der Waals surface area contributed by atoms with Gasteiger partial charge in [0.2, 0.25) is 5.16 Å². The van der Waals surface area contributed by atoms with E-state index in [0.717, 1.165) is 21.1 Å². The maximum Gasteiger partial charge on any atom is 0.210 e. The van der Waals surface area contributed by atoms with E-state index in [2.05, 4.69) is 15.2 Å². The Kier molecular flexibility index (Phi) is 5.46. The van der Waals surface area contributed by atoms with E-state index in [4.69, 9.17) is 11.6 Å². The molecule has 0 radical (unpaired) electrons. The van der Waals surface area contributed by atoms with Crippen LogP contribution in [0.2, 0.25) is 4.34 Å². The van der Waals surface area contributed by atoms with Gasteiger partial charge in [-0.05, 0) is 35.0 Å². The van der Waals surface area contributed by atoms with Crippen molar-refractivity contribution in [3.05, 3.63) is 56.4 Å². The Balaban J connectivity index is 1.60. The van der Waals surface area contributed by atoms with Crippen LogP contribution in [-0.4, -0.2) is 26.7 Å². The van der Waals surface area contributed by atoms with Gasteiger partial charge in [0.15, 0.2) is 5.78 Å². The topological polar surface area (TPSA) is 55.7 Å². The molecule has 0 amide bonds. The summed E-state index contributed by atoms with van der Waals surface area (Å²) in [6, 6.07) is 11.5. The van der Waals surface area contributed by atoms with Gasteiger partial charge in [-0.25, -0.2) is 4.98 Å². The van der Waals surface area contributed by atoms with Crippen molar-refractivity contribution in [2.75, 3.05) is 5.75 Å². The Labute approximate surface area is 170 Å². The molecule has 0 saturated heterocycles. The second-order valence-electron chi connectivity index (χ2n) is 5.06. The van der Waals surface area contributed by atoms with Gasteiger partial charge in [-0.1, -0.05) is 35.5 Å². The molecule has 0 aliphatic carbocycles. The van der Waals surface area contributed by atoms with E-state index in [1.54, 1.807) is 34.8 Å². The summed E-state index contributed by atoms with van der Waals surface area (Å²) in [5, 5.41) is 13.1. The molecular weight excluding hydrogens is 426 g/mol. The summed E-state index contributed by atoms with van der Waals surface area (Å²) in [5.41, 5.74) is 1.56. The van der Waals surface area contributed by atoms with Crippen LogP contribution in [0, 0.1) is 0 Å². The molecule has 4 nitrogen and oxygen atoms in total. The van der Waals surface area contributed by atoms with E-state index in [1.807, 2.05) is 35.0 Å². The Morgan fingerprint density at radius 1 is 1.00 bits per heavy atom. The van der Waals surface area contributed by atoms with Crippen LogP contribution < -0.4 is 0 Å². The summed E-state index contributed by atoms with van der Waals surface area (Å²) >= 11 is 11.7. The number of aromatic nitrogens is 3. The average Bonchev–Trinajstić information content (AvgIpc) is 3.40. The number of rotatable bonds is 6. The van der Waals surface area contributed by atoms with Gasteiger partial charge in [-0.3, -0.25) is 4.79 Å². The summed E-state index contributed by atoms with van der Waals surface area (Å²) in [4.78, 5) is 19.6. The highest BCUT2D eigenvalue weighted by atomic mass is 35.5. The molecule has 4 aromatic heterocycles. The maximum atomic E-state index is 12.3. The third kappa shape index (κ3) is 3.89. The van der Waals surface area contributed by atoms with E-state index >= 15 is 0 Å². The van der Waals surface area contributed by atoms with Gasteiger partial charge in [-0.15, -0.1) is 44.2 Å². The minimum atomic E-state index is 0.00973. The molecule has 0 atom stereocenters. The van der Waals surface area contributed by atoms with Crippen molar-refractivity contribution in [3.63, 3.8) is 0 Å². The minimum Gasteiger partial charge on any atom is -0.292 e. The van der Waals surface area contributed by atoms with E-state index in [0.29, 0.717) is 14.4 Å². The van der Waals surface area contributed by atoms with Crippen molar-refractivity contribution < 1.29 is 4.79 Å². The van der Waals surface area contributed by atoms with Crippen molar-refractivity contribution in [2.45, 2.75) is 5.16 Å². The lowest BCUT2D eigenvalue weighted by Crippen LogP contribution is -2.02. The Morgan fingerprint density at radius 3 is 2.35 bits per heavy atom. The first-order valence-electron chi connectivity index (χ1n) is 7.44. The molecule has 0 aliphatic rings. The van der Waals surface area contributed by atoms with Gasteiger partial charge in [0, 0.05) is 0 Å². The Bertz CT molecular complexity index is 1030. The van der Waals surface area contributed by atoms with E-state index < -0.39 is 0 Å². The zero-order valence-electron chi connectivity index (χ0n) is 13.1. The third-order valence-electron chi connectivity index (χ3n) is 3.36. The SMILES string of the molecule is O=C(CSc1nnc(-c2cccs2)c(-c2cccs2)n1)c1ccc(Cl)s1. The number of carbonyl (C=O) groups excluding carboxylic acids is 1. The predicted octanol–water partition coefficient (Wildman–Crippen LogP) is 6.02. The summed E-state index contributed by atoms with van der Waals surface area (Å²) in [6.45, 7) is 0. The number of halogens is 1. The fourth-order valence-corrected chi connectivity index (χ4v) is 5.37. The van der Waals surface area contributed by atoms with Crippen LogP contribution in [0.5, 0.6) is 0 Å². The predicted molar refractivity (Wildman–Crippen MR) is 111 cm³/mol. The number of thioether (sulfide) groups is 1. The molecule has 0 bridgehead atoms. The number of hydrogen-bond acceptors (Lipinski definition) is 8. The normalized spacial score (nSPS) is 11.0. The number of Topliss-reactive ketones (excluding diaryl/α,β-unsaturated/α-hetero) is 1. The Morgan fingerprint density at radius 2 is 1.73 bits per heavy atom. The molecule has 4 aromatic rings. The van der Waals surface area contributed by atoms with Gasteiger partial charge in [0.05, 0.1) is 24.7 Å². The zero-order chi connectivity index (χ0) is 17.9. The molecule has 130 valence electrons. The van der Waals surface area contributed by atoms with Crippen LogP contribution in [0.15, 0.2) is 52.3 Å². The number of ketones is 1. The van der Waals surface area contributed by atoms with Crippen LogP contribution in [0.4, 0.5) is 0 Å². The third-order valence-corrected chi connectivity index (χ3v) is 7.22. The molecule has 0 spiro atoms. The van der Waals surface area contributed by atoms with Gasteiger partial charge in [-0.2, -0.15) is 0 Å². The first-order valence-corrected chi connectivity index (χ1v) is 11.4. The molecule has 9 heteroatoms. The molecule has 0 N–H and O–H groups in total. The van der Waals surface area contributed by atoms with Gasteiger partial charge >= 0.3 is 0 Å². The largest absolute Gasteiger partial charge is 0.292 e. The van der Waals surface area contributed by atoms with E-state index in [9.17, 15) is 4.79 Å². The standard InChI is InChI=1S/C17H10ClN3OS4/c18-14-6-5-11(26-14)10(22)9-25-17-19-15(12-3-1-7-23-12)16(20-21-17)13-4-2-8-24-13/h1-8H,9H2. The lowest BCUT2D eigenvalue weighted by atomic mass is 10.2. The van der Waals surface area contributed by atoms with Crippen molar-refractivity contribution >= 4 is 63.2 Å². The van der Waals surface area contributed by atoms with Crippen LogP contribution in [0.1, 0.15) is 9.67 Å². The second-order valence-corrected chi connectivity index (χ2v) is 9.61. The average molecular weight is 436 g/mol. The number of hydrogen-bond donors (Lipinski definition) is 0. The first kappa shape index (κ1) is 17.8. The van der Waals surface area contributed by atoms with Gasteiger partial charge in [0.25, 0.3) is 0 Å². The molecule has 0 unspecified atom stereocenters. The smallest absolute Gasteiger partial charge is 0.210 e. The molecule has 4 heterocycles. The maximum absolute atomic E-state index is 12.3. The highest BCUT2D eigenvalue weighted by molar-refractivity contribution is 7.99. The summed E-state index contributed by atoms with van der Waals surface area (Å²) < 4.78 is 0.608. The fraction of sp³-hybridized carbons (Fsp3) is 0.0588. The van der Waals surface area contributed by atoms with Crippen molar-refractivity contribution in [2.24, 2.45) is 0 Å². The molecule has 0 aromatic carbocycles. The zero-order valence-corrected chi connectivity index (χ0v) is 17.1. The summed E-state index contributed by atoms with van der Waals surface area (Å²) in [7, 11) is 0. The van der Waals surface area contributed by atoms with Crippen molar-refractivity contribution in [1.82, 2.24) is 15.2 Å². The fourth-order valence-electron chi connectivity index (χ4n) is 2.20. The lowest BCUT2D eigenvalue weighted by molar-refractivity contribution is 0.102. The molecule has 0 aliphatic heterocycles. The van der Waals surface area contributed by atoms with Gasteiger partial charge in [0.1, 0.15) is 11.4 Å². The molecule has 26 heavy (non-hydrogen) atoms. The molecular formula is C17H10ClN3OS4. The van der Waals surface area contributed by atoms with E-state index in [-0.39, 0.29) is 11.5 Å². The highest BCUT2D eigenvalue weighted by Gasteiger charge is 2.17. The minimum absolute atomic E-state index is 0.00973. The van der Waals surface area contributed by atoms with Gasteiger partial charge < -0.3 is 0 Å². The lowest BCUT2D eigenvalue weighted by Gasteiger charge is -2.06. The number of nitrogens with zero attached hydrogens (tertiary/aromatic N) is 3. The summed E-state index contributed by atoms with van der Waals surface area (Å²) in [5.74, 6) is 0.260. The Hall–Kier alpha value is -1.58. The van der Waals surface area contributed by atoms with E-state index in [1.165, 1.54) is 23.1 Å². The highest BCUT2D eigenvalue weighted by Crippen LogP contribution is 2.34. The molecule has 0 saturated carbocycles. The van der Waals surface area contributed by atoms with Crippen LogP contribution in [-0.2, 0) is 0 Å². The van der Waals surface area contributed by atoms with Crippen LogP contribution in [0.3, 0.4) is 0 Å². The number of thiophene rings is 3. The van der Waals surface area contributed by atoms with Crippen LogP contribution >= 0.6 is 57.4 Å².